The van der Waals surface area contributed by atoms with Gasteiger partial charge in [-0.25, -0.2) is 4.98 Å². The number of nitrogens with zero attached hydrogens (tertiary/aromatic N) is 3. The Balaban J connectivity index is 2.42. The molecule has 20 heavy (non-hydrogen) atoms. The highest BCUT2D eigenvalue weighted by molar-refractivity contribution is 14.1. The SMILES string of the molecule is O=[N+]([O-])c1ccc(I)c(Oc2ncccc2[N+](=O)[O-])c1. The van der Waals surface area contributed by atoms with E-state index in [0.29, 0.717) is 3.57 Å². The van der Waals surface area contributed by atoms with Gasteiger partial charge in [-0.1, -0.05) is 0 Å². The van der Waals surface area contributed by atoms with Crippen molar-refractivity contribution in [1.29, 1.82) is 0 Å². The van der Waals surface area contributed by atoms with Crippen LogP contribution in [0.1, 0.15) is 0 Å². The Labute approximate surface area is 125 Å². The quantitative estimate of drug-likeness (QED) is 0.453. The predicted octanol–water partition coefficient (Wildman–Crippen LogP) is 3.29. The molecule has 0 fully saturated rings. The molecule has 0 saturated heterocycles. The number of halogens is 1. The summed E-state index contributed by atoms with van der Waals surface area (Å²) in [6, 6.07) is 6.65. The lowest BCUT2D eigenvalue weighted by atomic mass is 10.3. The van der Waals surface area contributed by atoms with Crippen LogP contribution in [0.15, 0.2) is 36.5 Å². The van der Waals surface area contributed by atoms with Crippen LogP contribution in [0.25, 0.3) is 0 Å². The summed E-state index contributed by atoms with van der Waals surface area (Å²) >= 11 is 1.91. The van der Waals surface area contributed by atoms with E-state index >= 15 is 0 Å². The lowest BCUT2D eigenvalue weighted by Crippen LogP contribution is -1.97. The molecular formula is C11H6IN3O5. The second kappa shape index (κ2) is 5.77. The highest BCUT2D eigenvalue weighted by atomic mass is 127. The number of hydrogen-bond acceptors (Lipinski definition) is 6. The molecule has 2 rings (SSSR count). The monoisotopic (exact) mass is 387 g/mol. The van der Waals surface area contributed by atoms with Gasteiger partial charge in [-0.3, -0.25) is 20.2 Å². The fraction of sp³-hybridized carbons (Fsp3) is 0. The molecule has 0 radical (unpaired) electrons. The second-order valence-electron chi connectivity index (χ2n) is 3.56. The van der Waals surface area contributed by atoms with Gasteiger partial charge in [-0.05, 0) is 34.7 Å². The molecule has 0 amide bonds. The molecule has 1 heterocycles. The van der Waals surface area contributed by atoms with Crippen LogP contribution in [0, 0.1) is 23.8 Å². The van der Waals surface area contributed by atoms with Crippen molar-refractivity contribution < 1.29 is 14.6 Å². The minimum absolute atomic E-state index is 0.140. The lowest BCUT2D eigenvalue weighted by Gasteiger charge is -2.06. The zero-order valence-electron chi connectivity index (χ0n) is 9.72. The normalized spacial score (nSPS) is 10.1. The molecule has 102 valence electrons. The van der Waals surface area contributed by atoms with Crippen LogP contribution in [0.4, 0.5) is 11.4 Å². The Bertz CT molecular complexity index is 692. The summed E-state index contributed by atoms with van der Waals surface area (Å²) in [5, 5.41) is 21.6. The Morgan fingerprint density at radius 1 is 1.15 bits per heavy atom. The molecule has 0 spiro atoms. The highest BCUT2D eigenvalue weighted by Crippen LogP contribution is 2.33. The van der Waals surface area contributed by atoms with Crippen molar-refractivity contribution in [1.82, 2.24) is 4.98 Å². The summed E-state index contributed by atoms with van der Waals surface area (Å²) < 4.78 is 5.90. The molecule has 8 nitrogen and oxygen atoms in total. The predicted molar refractivity (Wildman–Crippen MR) is 76.8 cm³/mol. The summed E-state index contributed by atoms with van der Waals surface area (Å²) in [4.78, 5) is 24.1. The first-order valence-corrected chi connectivity index (χ1v) is 6.28. The van der Waals surface area contributed by atoms with Crippen LogP contribution < -0.4 is 4.74 Å². The average Bonchev–Trinajstić information content (AvgIpc) is 2.41. The molecule has 2 aromatic rings. The lowest BCUT2D eigenvalue weighted by molar-refractivity contribution is -0.386. The third-order valence-electron chi connectivity index (χ3n) is 2.28. The molecule has 0 aliphatic heterocycles. The number of benzene rings is 1. The summed E-state index contributed by atoms with van der Waals surface area (Å²) in [7, 11) is 0. The van der Waals surface area contributed by atoms with Gasteiger partial charge in [0.1, 0.15) is 5.75 Å². The zero-order chi connectivity index (χ0) is 14.7. The summed E-state index contributed by atoms with van der Waals surface area (Å²) in [5.41, 5.74) is -0.478. The van der Waals surface area contributed by atoms with Crippen molar-refractivity contribution >= 4 is 34.0 Å². The van der Waals surface area contributed by atoms with Gasteiger partial charge in [0.2, 0.25) is 0 Å². The minimum Gasteiger partial charge on any atom is -0.432 e. The summed E-state index contributed by atoms with van der Waals surface area (Å²) in [6.45, 7) is 0. The first-order valence-electron chi connectivity index (χ1n) is 5.20. The molecule has 0 aliphatic rings. The number of rotatable bonds is 4. The van der Waals surface area contributed by atoms with E-state index in [1.165, 1.54) is 36.5 Å². The van der Waals surface area contributed by atoms with Crippen LogP contribution in [0.3, 0.4) is 0 Å². The number of pyridine rings is 1. The van der Waals surface area contributed by atoms with E-state index in [-0.39, 0.29) is 23.0 Å². The number of nitro benzene ring substituents is 1. The zero-order valence-corrected chi connectivity index (χ0v) is 11.9. The number of nitro groups is 2. The summed E-state index contributed by atoms with van der Waals surface area (Å²) in [6.07, 6.45) is 1.34. The van der Waals surface area contributed by atoms with E-state index in [1.54, 1.807) is 0 Å². The average molecular weight is 387 g/mol. The highest BCUT2D eigenvalue weighted by Gasteiger charge is 2.19. The fourth-order valence-electron chi connectivity index (χ4n) is 1.39. The van der Waals surface area contributed by atoms with E-state index in [0.717, 1.165) is 0 Å². The van der Waals surface area contributed by atoms with E-state index in [9.17, 15) is 20.2 Å². The van der Waals surface area contributed by atoms with E-state index < -0.39 is 9.85 Å². The van der Waals surface area contributed by atoms with E-state index in [2.05, 4.69) is 4.98 Å². The van der Waals surface area contributed by atoms with E-state index in [4.69, 9.17) is 4.74 Å². The van der Waals surface area contributed by atoms with Crippen LogP contribution in [0.2, 0.25) is 0 Å². The van der Waals surface area contributed by atoms with Crippen LogP contribution in [0.5, 0.6) is 11.6 Å². The number of aromatic nitrogens is 1. The maximum Gasteiger partial charge on any atom is 0.331 e. The van der Waals surface area contributed by atoms with Crippen molar-refractivity contribution in [3.05, 3.63) is 60.3 Å². The van der Waals surface area contributed by atoms with Gasteiger partial charge in [0.15, 0.2) is 0 Å². The first kappa shape index (κ1) is 14.1. The standard InChI is InChI=1S/C11H6IN3O5/c12-8-4-3-7(14(16)17)6-10(8)20-11-9(15(18)19)2-1-5-13-11/h1-6H. The van der Waals surface area contributed by atoms with Crippen molar-refractivity contribution in [2.45, 2.75) is 0 Å². The maximum atomic E-state index is 10.8. The molecule has 1 aromatic heterocycles. The largest absolute Gasteiger partial charge is 0.432 e. The molecule has 9 heteroatoms. The van der Waals surface area contributed by atoms with Crippen LogP contribution >= 0.6 is 22.6 Å². The molecule has 1 aromatic carbocycles. The molecule has 0 aliphatic carbocycles. The third-order valence-corrected chi connectivity index (χ3v) is 3.17. The first-order chi connectivity index (χ1) is 9.49. The molecule has 0 unspecified atom stereocenters. The third kappa shape index (κ3) is 2.99. The van der Waals surface area contributed by atoms with Gasteiger partial charge in [-0.15, -0.1) is 0 Å². The smallest absolute Gasteiger partial charge is 0.331 e. The Hall–Kier alpha value is -2.30. The molecule has 0 atom stereocenters. The maximum absolute atomic E-state index is 10.8. The number of hydrogen-bond donors (Lipinski definition) is 0. The van der Waals surface area contributed by atoms with Crippen molar-refractivity contribution in [3.63, 3.8) is 0 Å². The Morgan fingerprint density at radius 3 is 2.55 bits per heavy atom. The van der Waals surface area contributed by atoms with E-state index in [1.807, 2.05) is 22.6 Å². The summed E-state index contributed by atoms with van der Waals surface area (Å²) in [5.74, 6) is -0.0717. The topological polar surface area (TPSA) is 108 Å². The van der Waals surface area contributed by atoms with Gasteiger partial charge in [0.25, 0.3) is 11.6 Å². The molecule has 0 saturated carbocycles. The van der Waals surface area contributed by atoms with Crippen molar-refractivity contribution in [2.75, 3.05) is 0 Å². The van der Waals surface area contributed by atoms with Gasteiger partial charge in [0.05, 0.1) is 19.5 Å². The van der Waals surface area contributed by atoms with Gasteiger partial charge in [0, 0.05) is 18.3 Å². The van der Waals surface area contributed by atoms with Gasteiger partial charge < -0.3 is 4.74 Å². The molecule has 0 N–H and O–H groups in total. The molecular weight excluding hydrogens is 381 g/mol. The molecule has 0 bridgehead atoms. The number of non-ortho nitro benzene ring substituents is 1. The second-order valence-corrected chi connectivity index (χ2v) is 4.72. The van der Waals surface area contributed by atoms with Crippen molar-refractivity contribution in [2.24, 2.45) is 0 Å². The fourth-order valence-corrected chi connectivity index (χ4v) is 1.83. The Kier molecular flexibility index (Phi) is 4.08. The van der Waals surface area contributed by atoms with Crippen LogP contribution in [-0.2, 0) is 0 Å². The van der Waals surface area contributed by atoms with Crippen LogP contribution in [-0.4, -0.2) is 14.8 Å². The van der Waals surface area contributed by atoms with Gasteiger partial charge in [-0.2, -0.15) is 0 Å². The minimum atomic E-state index is -0.632. The Morgan fingerprint density at radius 2 is 1.90 bits per heavy atom. The van der Waals surface area contributed by atoms with Gasteiger partial charge >= 0.3 is 5.69 Å². The van der Waals surface area contributed by atoms with Crippen molar-refractivity contribution in [3.8, 4) is 11.6 Å². The number of ether oxygens (including phenoxy) is 1.